The predicted molar refractivity (Wildman–Crippen MR) is 69.5 cm³/mol. The summed E-state index contributed by atoms with van der Waals surface area (Å²) in [5.74, 6) is 0. The second kappa shape index (κ2) is 8.21. The van der Waals surface area contributed by atoms with Gasteiger partial charge in [-0.25, -0.2) is 0 Å². The van der Waals surface area contributed by atoms with Crippen molar-refractivity contribution < 1.29 is 18.3 Å². The van der Waals surface area contributed by atoms with Crippen LogP contribution >= 0.6 is 0 Å². The third-order valence-electron chi connectivity index (χ3n) is 2.81. The molecule has 1 fully saturated rings. The van der Waals surface area contributed by atoms with Crippen LogP contribution in [0.2, 0.25) is 12.6 Å². The first-order chi connectivity index (χ1) is 8.20. The van der Waals surface area contributed by atoms with Crippen LogP contribution in [-0.4, -0.2) is 47.7 Å². The molecule has 0 spiro atoms. The van der Waals surface area contributed by atoms with Crippen molar-refractivity contribution in [3.05, 3.63) is 0 Å². The Balaban J connectivity index is 2.00. The number of hydrogen-bond donors (Lipinski definition) is 0. The largest absolute Gasteiger partial charge is 0.395 e. The van der Waals surface area contributed by atoms with Crippen LogP contribution in [0, 0.1) is 0 Å². The van der Waals surface area contributed by atoms with Crippen LogP contribution < -0.4 is 0 Å². The molecule has 1 aliphatic rings. The van der Waals surface area contributed by atoms with Crippen LogP contribution in [0.4, 0.5) is 0 Å². The molecule has 0 aromatic carbocycles. The van der Waals surface area contributed by atoms with Crippen LogP contribution in [0.5, 0.6) is 0 Å². The third-order valence-corrected chi connectivity index (χ3v) is 5.87. The molecule has 102 valence electrons. The van der Waals surface area contributed by atoms with Gasteiger partial charge in [0, 0.05) is 26.4 Å². The zero-order valence-electron chi connectivity index (χ0n) is 11.4. The Labute approximate surface area is 106 Å². The van der Waals surface area contributed by atoms with Crippen molar-refractivity contribution in [2.45, 2.75) is 45.4 Å². The summed E-state index contributed by atoms with van der Waals surface area (Å²) in [6, 6.07) is 1.01. The third kappa shape index (κ3) is 7.16. The molecule has 0 N–H and O–H groups in total. The van der Waals surface area contributed by atoms with Gasteiger partial charge in [0.05, 0.1) is 12.7 Å². The molecular weight excluding hydrogens is 236 g/mol. The highest BCUT2D eigenvalue weighted by molar-refractivity contribution is 6.66. The van der Waals surface area contributed by atoms with E-state index in [1.54, 1.807) is 0 Å². The Morgan fingerprint density at radius 2 is 1.82 bits per heavy atom. The molecule has 0 aliphatic carbocycles. The molecule has 1 aliphatic heterocycles. The molecule has 0 saturated carbocycles. The Hall–Kier alpha value is 0.0569. The predicted octanol–water partition coefficient (Wildman–Crippen LogP) is 2.33. The fourth-order valence-corrected chi connectivity index (χ4v) is 4.22. The van der Waals surface area contributed by atoms with Gasteiger partial charge in [-0.05, 0) is 39.3 Å². The molecule has 1 saturated heterocycles. The minimum absolute atomic E-state index is 0.474. The molecule has 0 amide bonds. The van der Waals surface area contributed by atoms with E-state index in [1.807, 2.05) is 13.8 Å². The van der Waals surface area contributed by atoms with Gasteiger partial charge < -0.3 is 18.3 Å². The Morgan fingerprint density at radius 3 is 2.35 bits per heavy atom. The van der Waals surface area contributed by atoms with Gasteiger partial charge in [0.2, 0.25) is 0 Å². The van der Waals surface area contributed by atoms with E-state index in [0.29, 0.717) is 6.10 Å². The maximum Gasteiger partial charge on any atom is 0.334 e. The second-order valence-corrected chi connectivity index (χ2v) is 7.80. The number of rotatable bonds is 11. The Bertz CT molecular complexity index is 191. The maximum atomic E-state index is 5.77. The van der Waals surface area contributed by atoms with E-state index in [-0.39, 0.29) is 0 Å². The highest BCUT2D eigenvalue weighted by atomic mass is 28.4. The normalized spacial score (nSPS) is 19.6. The summed E-state index contributed by atoms with van der Waals surface area (Å²) in [5, 5.41) is 0. The van der Waals surface area contributed by atoms with Gasteiger partial charge in [-0.1, -0.05) is 0 Å². The molecule has 17 heavy (non-hydrogen) atoms. The van der Waals surface area contributed by atoms with E-state index in [0.717, 1.165) is 51.9 Å². The lowest BCUT2D eigenvalue weighted by molar-refractivity contribution is 0.121. The van der Waals surface area contributed by atoms with Gasteiger partial charge >= 0.3 is 8.56 Å². The highest BCUT2D eigenvalue weighted by Gasteiger charge is 2.29. The van der Waals surface area contributed by atoms with Crippen molar-refractivity contribution in [1.29, 1.82) is 0 Å². The quantitative estimate of drug-likeness (QED) is 0.325. The van der Waals surface area contributed by atoms with Crippen molar-refractivity contribution in [2.75, 3.05) is 33.0 Å². The van der Waals surface area contributed by atoms with Gasteiger partial charge in [0.15, 0.2) is 0 Å². The molecular formula is C12H26O4Si. The average molecular weight is 262 g/mol. The van der Waals surface area contributed by atoms with Crippen molar-refractivity contribution in [1.82, 2.24) is 0 Å². The lowest BCUT2D eigenvalue weighted by atomic mass is 10.3. The van der Waals surface area contributed by atoms with Crippen LogP contribution in [0.25, 0.3) is 0 Å². The van der Waals surface area contributed by atoms with E-state index in [4.69, 9.17) is 18.3 Å². The summed E-state index contributed by atoms with van der Waals surface area (Å²) in [4.78, 5) is 0. The van der Waals surface area contributed by atoms with E-state index in [2.05, 4.69) is 6.55 Å². The molecule has 0 radical (unpaired) electrons. The molecule has 0 aromatic heterocycles. The number of ether oxygens (including phenoxy) is 2. The monoisotopic (exact) mass is 262 g/mol. The topological polar surface area (TPSA) is 40.2 Å². The summed E-state index contributed by atoms with van der Waals surface area (Å²) in [5.41, 5.74) is 0. The first-order valence-electron chi connectivity index (χ1n) is 6.67. The molecule has 1 rings (SSSR count). The molecule has 5 heteroatoms. The minimum Gasteiger partial charge on any atom is -0.395 e. The highest BCUT2D eigenvalue weighted by Crippen LogP contribution is 2.16. The van der Waals surface area contributed by atoms with Crippen molar-refractivity contribution in [2.24, 2.45) is 0 Å². The number of epoxide rings is 1. The second-order valence-electron chi connectivity index (χ2n) is 4.46. The van der Waals surface area contributed by atoms with Gasteiger partial charge in [-0.15, -0.1) is 0 Å². The van der Waals surface area contributed by atoms with Crippen LogP contribution in [0.15, 0.2) is 0 Å². The maximum absolute atomic E-state index is 5.77. The fourth-order valence-electron chi connectivity index (χ4n) is 1.84. The molecule has 1 atom stereocenters. The summed E-state index contributed by atoms with van der Waals surface area (Å²) >= 11 is 0. The molecule has 1 heterocycles. The van der Waals surface area contributed by atoms with Crippen LogP contribution in [0.1, 0.15) is 26.7 Å². The van der Waals surface area contributed by atoms with Gasteiger partial charge in [0.25, 0.3) is 0 Å². The minimum atomic E-state index is -1.92. The summed E-state index contributed by atoms with van der Waals surface area (Å²) in [6.07, 6.45) is 2.53. The van der Waals surface area contributed by atoms with E-state index in [9.17, 15) is 0 Å². The average Bonchev–Trinajstić information content (AvgIpc) is 3.08. The Morgan fingerprint density at radius 1 is 1.18 bits per heavy atom. The lowest BCUT2D eigenvalue weighted by Gasteiger charge is -2.25. The zero-order valence-corrected chi connectivity index (χ0v) is 12.4. The molecule has 1 unspecified atom stereocenters. The van der Waals surface area contributed by atoms with Crippen LogP contribution in [0.3, 0.4) is 0 Å². The van der Waals surface area contributed by atoms with Gasteiger partial charge in [0.1, 0.15) is 0 Å². The van der Waals surface area contributed by atoms with E-state index >= 15 is 0 Å². The standard InChI is InChI=1S/C12H26O4Si/c1-4-15-17(3,16-5-2)10-6-8-13-9-7-12-11-14-12/h12H,4-11H2,1-3H3. The van der Waals surface area contributed by atoms with Crippen molar-refractivity contribution in [3.63, 3.8) is 0 Å². The number of hydrogen-bond acceptors (Lipinski definition) is 4. The summed E-state index contributed by atoms with van der Waals surface area (Å²) < 4.78 is 22.2. The van der Waals surface area contributed by atoms with Gasteiger partial charge in [-0.3, -0.25) is 0 Å². The molecule has 0 bridgehead atoms. The molecule has 4 nitrogen and oxygen atoms in total. The fraction of sp³-hybridized carbons (Fsp3) is 1.00. The van der Waals surface area contributed by atoms with Crippen LogP contribution in [-0.2, 0) is 18.3 Å². The summed E-state index contributed by atoms with van der Waals surface area (Å²) in [6.45, 7) is 10.2. The molecule has 0 aromatic rings. The van der Waals surface area contributed by atoms with E-state index < -0.39 is 8.56 Å². The zero-order chi connectivity index (χ0) is 12.6. The van der Waals surface area contributed by atoms with Gasteiger partial charge in [-0.2, -0.15) is 0 Å². The van der Waals surface area contributed by atoms with E-state index in [1.165, 1.54) is 0 Å². The first-order valence-corrected chi connectivity index (χ1v) is 9.20. The smallest absolute Gasteiger partial charge is 0.334 e. The lowest BCUT2D eigenvalue weighted by Crippen LogP contribution is -2.38. The Kier molecular flexibility index (Phi) is 7.30. The SMILES string of the molecule is CCO[Si](C)(CCCOCCC1CO1)OCC. The van der Waals surface area contributed by atoms with Crippen molar-refractivity contribution in [3.8, 4) is 0 Å². The van der Waals surface area contributed by atoms with Crippen molar-refractivity contribution >= 4 is 8.56 Å². The first kappa shape index (κ1) is 15.1. The summed E-state index contributed by atoms with van der Waals surface area (Å²) in [7, 11) is -1.92.